The fourth-order valence-corrected chi connectivity index (χ4v) is 1.57. The van der Waals surface area contributed by atoms with E-state index in [1.54, 1.807) is 0 Å². The van der Waals surface area contributed by atoms with Crippen molar-refractivity contribution in [2.75, 3.05) is 12.4 Å². The van der Waals surface area contributed by atoms with Gasteiger partial charge >= 0.3 is 0 Å². The van der Waals surface area contributed by atoms with E-state index in [9.17, 15) is 0 Å². The predicted molar refractivity (Wildman–Crippen MR) is 59.5 cm³/mol. The number of hydrogen-bond donors (Lipinski definition) is 1. The highest BCUT2D eigenvalue weighted by atomic mass is 32.1. The molecule has 0 aliphatic carbocycles. The van der Waals surface area contributed by atoms with E-state index in [-0.39, 0.29) is 0 Å². The molecule has 13 heavy (non-hydrogen) atoms. The number of nitrogens with one attached hydrogen (secondary N) is 1. The van der Waals surface area contributed by atoms with Crippen LogP contribution < -0.4 is 5.32 Å². The zero-order chi connectivity index (χ0) is 9.42. The van der Waals surface area contributed by atoms with Gasteiger partial charge in [0.25, 0.3) is 0 Å². The van der Waals surface area contributed by atoms with Gasteiger partial charge in [0.1, 0.15) is 0 Å². The Morgan fingerprint density at radius 2 is 2.08 bits per heavy atom. The molecule has 0 fully saturated rings. The minimum Gasteiger partial charge on any atom is -0.332 e. The number of anilines is 1. The van der Waals surface area contributed by atoms with Crippen molar-refractivity contribution in [1.29, 1.82) is 0 Å². The summed E-state index contributed by atoms with van der Waals surface area (Å²) in [6.45, 7) is 3.99. The van der Waals surface area contributed by atoms with Crippen LogP contribution in [0, 0.1) is 0 Å². The van der Waals surface area contributed by atoms with Gasteiger partial charge in [-0.15, -0.1) is 0 Å². The largest absolute Gasteiger partial charge is 0.332 e. The lowest BCUT2D eigenvalue weighted by atomic mass is 10.1. The minimum absolute atomic E-state index is 0.698. The van der Waals surface area contributed by atoms with Crippen molar-refractivity contribution >= 4 is 28.7 Å². The summed E-state index contributed by atoms with van der Waals surface area (Å²) >= 11 is 5.14. The lowest BCUT2D eigenvalue weighted by molar-refractivity contribution is 0.725. The maximum Gasteiger partial charge on any atom is 0.177 e. The van der Waals surface area contributed by atoms with Crippen LogP contribution >= 0.6 is 12.2 Å². The van der Waals surface area contributed by atoms with Crippen molar-refractivity contribution < 1.29 is 0 Å². The first-order chi connectivity index (χ1) is 6.20. The molecular formula is C10H10N2S. The van der Waals surface area contributed by atoms with Gasteiger partial charge in [0.05, 0.1) is 0 Å². The smallest absolute Gasteiger partial charge is 0.177 e. The van der Waals surface area contributed by atoms with E-state index in [2.05, 4.69) is 11.9 Å². The van der Waals surface area contributed by atoms with E-state index in [4.69, 9.17) is 12.2 Å². The number of nitrogens with zero attached hydrogens (tertiary/aromatic N) is 1. The summed E-state index contributed by atoms with van der Waals surface area (Å²) in [5.41, 5.74) is 3.09. The number of benzene rings is 1. The van der Waals surface area contributed by atoms with Gasteiger partial charge in [-0.1, -0.05) is 24.8 Å². The van der Waals surface area contributed by atoms with Gasteiger partial charge in [0.2, 0.25) is 0 Å². The molecule has 0 unspecified atom stereocenters. The lowest BCUT2D eigenvalue weighted by Gasteiger charge is -2.30. The zero-order valence-corrected chi connectivity index (χ0v) is 8.19. The van der Waals surface area contributed by atoms with Crippen molar-refractivity contribution in [3.8, 4) is 0 Å². The maximum absolute atomic E-state index is 5.14. The van der Waals surface area contributed by atoms with E-state index in [1.165, 1.54) is 0 Å². The molecule has 3 heteroatoms. The van der Waals surface area contributed by atoms with Crippen LogP contribution in [0.5, 0.6) is 0 Å². The van der Waals surface area contributed by atoms with Gasteiger partial charge in [0, 0.05) is 24.0 Å². The second-order valence-electron chi connectivity index (χ2n) is 2.98. The molecule has 0 amide bonds. The number of fused-ring (bicyclic) bond motifs is 1. The van der Waals surface area contributed by atoms with Gasteiger partial charge in [-0.25, -0.2) is 0 Å². The number of hydrogen-bond acceptors (Lipinski definition) is 1. The first kappa shape index (κ1) is 8.26. The van der Waals surface area contributed by atoms with Crippen LogP contribution in [-0.4, -0.2) is 17.1 Å². The predicted octanol–water partition coefficient (Wildman–Crippen LogP) is 2.30. The molecule has 1 heterocycles. The SMILES string of the molecule is C=C1c2ccccc2NC(=S)N1C. The third-order valence-corrected chi connectivity index (χ3v) is 2.57. The van der Waals surface area contributed by atoms with Crippen LogP contribution in [0.15, 0.2) is 30.8 Å². The van der Waals surface area contributed by atoms with Crippen LogP contribution in [0.25, 0.3) is 5.70 Å². The molecule has 0 saturated heterocycles. The van der Waals surface area contributed by atoms with E-state index in [0.717, 1.165) is 16.9 Å². The second kappa shape index (κ2) is 2.85. The number of rotatable bonds is 0. The zero-order valence-electron chi connectivity index (χ0n) is 7.37. The molecule has 0 saturated carbocycles. The average molecular weight is 190 g/mol. The van der Waals surface area contributed by atoms with Crippen molar-refractivity contribution in [3.63, 3.8) is 0 Å². The van der Waals surface area contributed by atoms with E-state index >= 15 is 0 Å². The van der Waals surface area contributed by atoms with Crippen LogP contribution in [0.1, 0.15) is 5.56 Å². The summed E-state index contributed by atoms with van der Waals surface area (Å²) in [4.78, 5) is 1.87. The minimum atomic E-state index is 0.698. The molecule has 2 rings (SSSR count). The first-order valence-corrected chi connectivity index (χ1v) is 4.44. The third-order valence-electron chi connectivity index (χ3n) is 2.19. The Morgan fingerprint density at radius 3 is 2.85 bits per heavy atom. The summed E-state index contributed by atoms with van der Waals surface area (Å²) in [6.07, 6.45) is 0. The highest BCUT2D eigenvalue weighted by Gasteiger charge is 2.18. The molecular weight excluding hydrogens is 180 g/mol. The molecule has 0 aromatic heterocycles. The standard InChI is InChI=1S/C10H10N2S/c1-7-8-5-3-4-6-9(8)11-10(13)12(7)2/h3-6H,1H2,2H3,(H,11,13). The van der Waals surface area contributed by atoms with Crippen LogP contribution in [-0.2, 0) is 0 Å². The maximum atomic E-state index is 5.14. The fraction of sp³-hybridized carbons (Fsp3) is 0.100. The molecule has 1 aromatic carbocycles. The highest BCUT2D eigenvalue weighted by Crippen LogP contribution is 2.29. The van der Waals surface area contributed by atoms with Crippen molar-refractivity contribution in [3.05, 3.63) is 36.4 Å². The van der Waals surface area contributed by atoms with Crippen LogP contribution in [0.3, 0.4) is 0 Å². The van der Waals surface area contributed by atoms with Gasteiger partial charge < -0.3 is 10.2 Å². The Kier molecular flexibility index (Phi) is 1.81. The van der Waals surface area contributed by atoms with E-state index < -0.39 is 0 Å². The molecule has 0 bridgehead atoms. The topological polar surface area (TPSA) is 15.3 Å². The van der Waals surface area contributed by atoms with Gasteiger partial charge in [-0.2, -0.15) is 0 Å². The van der Waals surface area contributed by atoms with Crippen LogP contribution in [0.2, 0.25) is 0 Å². The Morgan fingerprint density at radius 1 is 1.38 bits per heavy atom. The number of thiocarbonyl (C=S) groups is 1. The first-order valence-electron chi connectivity index (χ1n) is 4.03. The third kappa shape index (κ3) is 1.21. The molecule has 1 N–H and O–H groups in total. The Bertz CT molecular complexity index is 384. The van der Waals surface area contributed by atoms with Crippen molar-refractivity contribution in [2.24, 2.45) is 0 Å². The summed E-state index contributed by atoms with van der Waals surface area (Å²) in [7, 11) is 1.91. The highest BCUT2D eigenvalue weighted by molar-refractivity contribution is 7.80. The molecule has 1 aliphatic heterocycles. The summed E-state index contributed by atoms with van der Waals surface area (Å²) in [5.74, 6) is 0. The van der Waals surface area contributed by atoms with Crippen molar-refractivity contribution in [2.45, 2.75) is 0 Å². The quantitative estimate of drug-likeness (QED) is 0.632. The van der Waals surface area contributed by atoms with Crippen molar-refractivity contribution in [1.82, 2.24) is 4.90 Å². The summed E-state index contributed by atoms with van der Waals surface area (Å²) in [5, 5.41) is 3.83. The Labute approximate surface area is 82.9 Å². The average Bonchev–Trinajstić information content (AvgIpc) is 2.15. The lowest BCUT2D eigenvalue weighted by Crippen LogP contribution is -2.33. The van der Waals surface area contributed by atoms with E-state index in [0.29, 0.717) is 5.11 Å². The van der Waals surface area contributed by atoms with Gasteiger partial charge in [-0.3, -0.25) is 0 Å². The normalized spacial score (nSPS) is 15.3. The Balaban J connectivity index is 2.55. The number of para-hydroxylation sites is 1. The molecule has 2 nitrogen and oxygen atoms in total. The van der Waals surface area contributed by atoms with Gasteiger partial charge in [0.15, 0.2) is 5.11 Å². The summed E-state index contributed by atoms with van der Waals surface area (Å²) < 4.78 is 0. The molecule has 0 radical (unpaired) electrons. The second-order valence-corrected chi connectivity index (χ2v) is 3.37. The summed E-state index contributed by atoms with van der Waals surface area (Å²) in [6, 6.07) is 8.00. The monoisotopic (exact) mass is 190 g/mol. The van der Waals surface area contributed by atoms with Gasteiger partial charge in [-0.05, 0) is 18.3 Å². The molecule has 0 spiro atoms. The van der Waals surface area contributed by atoms with Crippen LogP contribution in [0.4, 0.5) is 5.69 Å². The fourth-order valence-electron chi connectivity index (χ4n) is 1.35. The van der Waals surface area contributed by atoms with E-state index in [1.807, 2.05) is 36.2 Å². The molecule has 66 valence electrons. The molecule has 1 aliphatic rings. The molecule has 1 aromatic rings. The Hall–Kier alpha value is -1.35. The molecule has 0 atom stereocenters.